The van der Waals surface area contributed by atoms with Crippen LogP contribution in [0.4, 0.5) is 0 Å². The minimum Gasteiger partial charge on any atom is -0.387 e. The van der Waals surface area contributed by atoms with E-state index in [0.29, 0.717) is 17.4 Å². The van der Waals surface area contributed by atoms with Crippen LogP contribution < -0.4 is 5.32 Å². The average molecular weight is 1160 g/mol. The fourth-order valence-electron chi connectivity index (χ4n) is 9.41. The molecule has 8 nitrogen and oxygen atoms in total. The predicted octanol–water partition coefficient (Wildman–Crippen LogP) is 21.7. The summed E-state index contributed by atoms with van der Waals surface area (Å²) in [5, 5.41) is 14.0. The number of unbranched alkanes of at least 4 members (excludes halogenated alkanes) is 30. The Bertz CT molecular complexity index is 1750. The summed E-state index contributed by atoms with van der Waals surface area (Å²) in [5.41, 5.74) is 0. The second-order valence-electron chi connectivity index (χ2n) is 23.8. The zero-order valence-electron chi connectivity index (χ0n) is 53.9. The normalized spacial score (nSPS) is 14.5. The van der Waals surface area contributed by atoms with Gasteiger partial charge in [0.2, 0.25) is 5.91 Å². The van der Waals surface area contributed by atoms with E-state index in [2.05, 4.69) is 129 Å². The molecule has 0 aliphatic carbocycles. The summed E-state index contributed by atoms with van der Waals surface area (Å²) < 4.78 is 23.8. The number of nitrogens with one attached hydrogen (secondary N) is 1. The van der Waals surface area contributed by atoms with Crippen LogP contribution in [0.15, 0.2) is 122 Å². The number of phosphoric ester groups is 1. The number of carbonyl (C=O) groups excluding carboxylic acids is 1. The van der Waals surface area contributed by atoms with Crippen LogP contribution in [0.2, 0.25) is 0 Å². The van der Waals surface area contributed by atoms with E-state index in [-0.39, 0.29) is 19.1 Å². The summed E-state index contributed by atoms with van der Waals surface area (Å²) in [6.45, 7) is 4.68. The Morgan fingerprint density at radius 2 is 0.744 bits per heavy atom. The number of aliphatic hydroxyl groups is 1. The van der Waals surface area contributed by atoms with E-state index in [1.165, 1.54) is 173 Å². The van der Waals surface area contributed by atoms with Gasteiger partial charge in [0.25, 0.3) is 0 Å². The van der Waals surface area contributed by atoms with Crippen molar-refractivity contribution in [3.05, 3.63) is 122 Å². The molecule has 0 bridgehead atoms. The number of amides is 1. The van der Waals surface area contributed by atoms with Crippen molar-refractivity contribution in [1.82, 2.24) is 5.32 Å². The number of hydrogen-bond acceptors (Lipinski definition) is 5. The number of carbonyl (C=O) groups is 1. The van der Waals surface area contributed by atoms with Gasteiger partial charge < -0.3 is 19.8 Å². The van der Waals surface area contributed by atoms with Gasteiger partial charge in [-0.25, -0.2) is 4.57 Å². The smallest absolute Gasteiger partial charge is 0.387 e. The molecule has 0 spiro atoms. The van der Waals surface area contributed by atoms with Gasteiger partial charge in [0.05, 0.1) is 39.9 Å². The third-order valence-electron chi connectivity index (χ3n) is 14.6. The second kappa shape index (κ2) is 62.4. The number of likely N-dealkylation sites (N-methyl/N-ethyl adjacent to an activating group) is 1. The maximum Gasteiger partial charge on any atom is 0.472 e. The summed E-state index contributed by atoms with van der Waals surface area (Å²) in [6.07, 6.45) is 93.4. The SMILES string of the molecule is CC/C=C\C/C=C\C/C=C\C/C=C\C/C=C\C/C=C\C/C=C\CCCCCCCCCCCCCC(=O)NC(COP(=O)(O)OCC[N+](C)(C)C)C(O)/C=C/CC/C=C/CC/C=C/CCCCCCCCCCCCCCCCCCC. The molecule has 0 aromatic heterocycles. The van der Waals surface area contributed by atoms with Crippen LogP contribution in [-0.2, 0) is 18.4 Å². The quantitative estimate of drug-likeness (QED) is 0.0243. The molecule has 0 heterocycles. The molecule has 0 aliphatic heterocycles. The number of nitrogens with zero attached hydrogens (tertiary/aromatic N) is 1. The predicted molar refractivity (Wildman–Crippen MR) is 359 cm³/mol. The molecule has 1 amide bonds. The van der Waals surface area contributed by atoms with Crippen molar-refractivity contribution in [2.45, 2.75) is 296 Å². The van der Waals surface area contributed by atoms with Crippen LogP contribution >= 0.6 is 7.82 Å². The molecule has 3 N–H and O–H groups in total. The molecule has 9 heteroatoms. The number of phosphoric acid groups is 1. The van der Waals surface area contributed by atoms with E-state index < -0.39 is 20.0 Å². The summed E-state index contributed by atoms with van der Waals surface area (Å²) >= 11 is 0. The maximum atomic E-state index is 13.0. The maximum absolute atomic E-state index is 13.0. The first-order valence-electron chi connectivity index (χ1n) is 33.9. The third-order valence-corrected chi connectivity index (χ3v) is 15.6. The van der Waals surface area contributed by atoms with Crippen molar-refractivity contribution in [2.75, 3.05) is 40.9 Å². The van der Waals surface area contributed by atoms with Gasteiger partial charge in [0, 0.05) is 6.42 Å². The highest BCUT2D eigenvalue weighted by atomic mass is 31.2. The highest BCUT2D eigenvalue weighted by Crippen LogP contribution is 2.43. The highest BCUT2D eigenvalue weighted by Gasteiger charge is 2.27. The van der Waals surface area contributed by atoms with E-state index in [9.17, 15) is 19.4 Å². The molecule has 82 heavy (non-hydrogen) atoms. The number of quaternary nitrogens is 1. The highest BCUT2D eigenvalue weighted by molar-refractivity contribution is 7.47. The summed E-state index contributed by atoms with van der Waals surface area (Å²) in [6, 6.07) is -0.881. The number of aliphatic hydroxyl groups excluding tert-OH is 1. The van der Waals surface area contributed by atoms with Crippen molar-refractivity contribution < 1.29 is 32.9 Å². The Labute approximate surface area is 507 Å². The molecule has 0 radical (unpaired) electrons. The van der Waals surface area contributed by atoms with E-state index in [4.69, 9.17) is 9.05 Å². The van der Waals surface area contributed by atoms with Gasteiger partial charge in [-0.15, -0.1) is 0 Å². The minimum atomic E-state index is -4.37. The van der Waals surface area contributed by atoms with Crippen LogP contribution in [0.25, 0.3) is 0 Å². The molecule has 3 atom stereocenters. The summed E-state index contributed by atoms with van der Waals surface area (Å²) in [5.74, 6) is -0.197. The monoisotopic (exact) mass is 1160 g/mol. The molecule has 472 valence electrons. The van der Waals surface area contributed by atoms with Crippen LogP contribution in [0.5, 0.6) is 0 Å². The summed E-state index contributed by atoms with van der Waals surface area (Å²) in [7, 11) is 1.53. The molecular weight excluding hydrogens is 1030 g/mol. The molecule has 0 rings (SSSR count). The Morgan fingerprint density at radius 1 is 0.427 bits per heavy atom. The van der Waals surface area contributed by atoms with Gasteiger partial charge in [-0.3, -0.25) is 13.8 Å². The van der Waals surface area contributed by atoms with Crippen molar-refractivity contribution in [3.8, 4) is 0 Å². The average Bonchev–Trinajstić information content (AvgIpc) is 3.47. The van der Waals surface area contributed by atoms with Gasteiger partial charge in [-0.2, -0.15) is 0 Å². The van der Waals surface area contributed by atoms with Gasteiger partial charge >= 0.3 is 7.82 Å². The van der Waals surface area contributed by atoms with Crippen LogP contribution in [0.1, 0.15) is 284 Å². The van der Waals surface area contributed by atoms with Gasteiger partial charge in [0.15, 0.2) is 0 Å². The van der Waals surface area contributed by atoms with Crippen LogP contribution in [-0.4, -0.2) is 73.4 Å². The fraction of sp³-hybridized carbons (Fsp3) is 0.712. The van der Waals surface area contributed by atoms with Gasteiger partial charge in [-0.05, 0) is 103 Å². The molecule has 0 aromatic carbocycles. The fourth-order valence-corrected chi connectivity index (χ4v) is 10.1. The standard InChI is InChI=1S/C73H129N2O6P/c1-6-8-10-12-14-16-18-20-22-24-26-28-30-32-34-35-36-37-38-39-41-43-45-47-49-51-53-55-57-59-61-63-65-67-73(77)74-71(70-81-82(78,79)80-69-68-75(3,4)5)72(76)66-64-62-60-58-56-54-52-50-48-46-44-42-40-33-31-29-27-25-23-21-19-17-15-13-11-9-7-2/h8,10,14,16,20,22,26,28,32,34,36-37,39,41,48,50,56,58,64,66,71-72,76H,6-7,9,11-13,15,17-19,21,23-25,27,29-31,33,35,38,40,42-47,49,51-55,57,59-63,65,67-70H2,1-5H3,(H-,74,77,78,79)/p+1/b10-8-,16-14-,22-20-,28-26-,34-32-,37-36-,41-39-,50-48+,58-56+,66-64+. The van der Waals surface area contributed by atoms with Gasteiger partial charge in [-0.1, -0.05) is 296 Å². The van der Waals surface area contributed by atoms with Crippen molar-refractivity contribution in [1.29, 1.82) is 0 Å². The molecule has 0 saturated heterocycles. The molecule has 3 unspecified atom stereocenters. The van der Waals surface area contributed by atoms with Crippen molar-refractivity contribution in [2.24, 2.45) is 0 Å². The first-order chi connectivity index (χ1) is 40.0. The molecule has 0 aromatic rings. The van der Waals surface area contributed by atoms with Gasteiger partial charge in [0.1, 0.15) is 13.2 Å². The number of hydrogen-bond donors (Lipinski definition) is 3. The minimum absolute atomic E-state index is 0.0475. The zero-order chi connectivity index (χ0) is 59.8. The molecule has 0 saturated carbocycles. The first-order valence-corrected chi connectivity index (χ1v) is 35.4. The lowest BCUT2D eigenvalue weighted by molar-refractivity contribution is -0.870. The molecular formula is C73H130N2O6P+. The molecule has 0 aliphatic rings. The Balaban J connectivity index is 4.20. The zero-order valence-corrected chi connectivity index (χ0v) is 54.8. The van der Waals surface area contributed by atoms with Crippen LogP contribution in [0.3, 0.4) is 0 Å². The van der Waals surface area contributed by atoms with E-state index in [0.717, 1.165) is 89.9 Å². The van der Waals surface area contributed by atoms with E-state index in [1.54, 1.807) is 6.08 Å². The second-order valence-corrected chi connectivity index (χ2v) is 25.3. The Morgan fingerprint density at radius 3 is 1.12 bits per heavy atom. The number of allylic oxidation sites excluding steroid dienone is 19. The lowest BCUT2D eigenvalue weighted by atomic mass is 10.0. The third kappa shape index (κ3) is 64.5. The lowest BCUT2D eigenvalue weighted by Gasteiger charge is -2.25. The topological polar surface area (TPSA) is 105 Å². The van der Waals surface area contributed by atoms with E-state index in [1.807, 2.05) is 27.2 Å². The Kier molecular flexibility index (Phi) is 60.1. The lowest BCUT2D eigenvalue weighted by Crippen LogP contribution is -2.45. The Hall–Kier alpha value is -3.10. The largest absolute Gasteiger partial charge is 0.472 e. The van der Waals surface area contributed by atoms with Crippen molar-refractivity contribution >= 4 is 13.7 Å². The van der Waals surface area contributed by atoms with Crippen LogP contribution in [0, 0.1) is 0 Å². The number of rotatable bonds is 61. The first kappa shape index (κ1) is 78.9. The van der Waals surface area contributed by atoms with E-state index >= 15 is 0 Å². The van der Waals surface area contributed by atoms with Crippen molar-refractivity contribution in [3.63, 3.8) is 0 Å². The summed E-state index contributed by atoms with van der Waals surface area (Å²) in [4.78, 5) is 23.4. The molecule has 0 fully saturated rings.